The smallest absolute Gasteiger partial charge is 0.337 e. The van der Waals surface area contributed by atoms with Crippen molar-refractivity contribution in [3.63, 3.8) is 0 Å². The first-order valence-corrected chi connectivity index (χ1v) is 10.1. The lowest BCUT2D eigenvalue weighted by Gasteiger charge is -2.50. The lowest BCUT2D eigenvalue weighted by molar-refractivity contribution is -0.153. The number of nitrogens with zero attached hydrogens (tertiary/aromatic N) is 1. The van der Waals surface area contributed by atoms with Gasteiger partial charge in [-0.15, -0.1) is 0 Å². The van der Waals surface area contributed by atoms with Gasteiger partial charge in [0.05, 0.1) is 29.5 Å². The summed E-state index contributed by atoms with van der Waals surface area (Å²) in [4.78, 5) is 25.8. The summed E-state index contributed by atoms with van der Waals surface area (Å²) in [5.41, 5.74) is 1.30. The summed E-state index contributed by atoms with van der Waals surface area (Å²) in [6, 6.07) is 11.8. The number of amides is 1. The van der Waals surface area contributed by atoms with Crippen molar-refractivity contribution in [3.05, 3.63) is 65.2 Å². The SMILES string of the molecule is COC(=O)c1ccc([C@@H]2[C@@H](c3ccccc3S(=O)(=O)[O-])C(=O)N2C(C)C)cc1. The number of carbonyl (C=O) groups is 2. The Morgan fingerprint density at radius 1 is 1.11 bits per heavy atom. The molecule has 1 heterocycles. The van der Waals surface area contributed by atoms with Crippen LogP contribution in [0.3, 0.4) is 0 Å². The van der Waals surface area contributed by atoms with Gasteiger partial charge in [0.1, 0.15) is 10.1 Å². The number of benzene rings is 2. The molecule has 0 aromatic heterocycles. The molecule has 1 aliphatic heterocycles. The molecule has 1 saturated heterocycles. The molecule has 0 unspecified atom stereocenters. The first-order valence-electron chi connectivity index (χ1n) is 8.72. The third-order valence-corrected chi connectivity index (χ3v) is 5.80. The molecule has 1 fully saturated rings. The van der Waals surface area contributed by atoms with Gasteiger partial charge in [-0.1, -0.05) is 30.3 Å². The van der Waals surface area contributed by atoms with Gasteiger partial charge in [-0.2, -0.15) is 0 Å². The van der Waals surface area contributed by atoms with Crippen molar-refractivity contribution in [2.45, 2.75) is 36.7 Å². The van der Waals surface area contributed by atoms with Gasteiger partial charge in [-0.3, -0.25) is 4.79 Å². The van der Waals surface area contributed by atoms with Gasteiger partial charge in [-0.25, -0.2) is 13.2 Å². The molecule has 2 aromatic carbocycles. The fourth-order valence-electron chi connectivity index (χ4n) is 3.64. The molecule has 148 valence electrons. The summed E-state index contributed by atoms with van der Waals surface area (Å²) in [6.45, 7) is 3.72. The first-order chi connectivity index (χ1) is 13.2. The molecule has 0 saturated carbocycles. The van der Waals surface area contributed by atoms with Gasteiger partial charge in [0.2, 0.25) is 5.91 Å². The Morgan fingerprint density at radius 2 is 1.71 bits per heavy atom. The second kappa shape index (κ2) is 7.37. The highest BCUT2D eigenvalue weighted by atomic mass is 32.2. The second-order valence-electron chi connectivity index (χ2n) is 6.87. The van der Waals surface area contributed by atoms with Gasteiger partial charge in [-0.05, 0) is 43.2 Å². The Kier molecular flexibility index (Phi) is 5.27. The van der Waals surface area contributed by atoms with E-state index in [1.807, 2.05) is 13.8 Å². The maximum absolute atomic E-state index is 12.8. The average molecular weight is 402 g/mol. The number of methoxy groups -OCH3 is 1. The maximum Gasteiger partial charge on any atom is 0.337 e. The fraction of sp³-hybridized carbons (Fsp3) is 0.300. The molecule has 0 spiro atoms. The molecule has 8 heteroatoms. The van der Waals surface area contributed by atoms with E-state index in [9.17, 15) is 22.6 Å². The number of β-lactam (4-membered cyclic amide) rings is 1. The van der Waals surface area contributed by atoms with Crippen LogP contribution >= 0.6 is 0 Å². The van der Waals surface area contributed by atoms with Crippen LogP contribution in [0, 0.1) is 0 Å². The van der Waals surface area contributed by atoms with Crippen LogP contribution in [0.25, 0.3) is 0 Å². The third kappa shape index (κ3) is 3.41. The summed E-state index contributed by atoms with van der Waals surface area (Å²) in [6.07, 6.45) is 0. The van der Waals surface area contributed by atoms with E-state index in [1.54, 1.807) is 35.2 Å². The van der Waals surface area contributed by atoms with Gasteiger partial charge in [0.25, 0.3) is 0 Å². The highest BCUT2D eigenvalue weighted by Crippen LogP contribution is 2.49. The molecule has 0 bridgehead atoms. The van der Waals surface area contributed by atoms with Gasteiger partial charge in [0.15, 0.2) is 0 Å². The molecule has 0 aliphatic carbocycles. The molecule has 1 amide bonds. The van der Waals surface area contributed by atoms with Crippen LogP contribution in [-0.2, 0) is 19.6 Å². The van der Waals surface area contributed by atoms with E-state index < -0.39 is 28.0 Å². The lowest BCUT2D eigenvalue weighted by atomic mass is 9.76. The fourth-order valence-corrected chi connectivity index (χ4v) is 4.37. The van der Waals surface area contributed by atoms with E-state index >= 15 is 0 Å². The summed E-state index contributed by atoms with van der Waals surface area (Å²) in [5, 5.41) is 0. The Hall–Kier alpha value is -2.71. The van der Waals surface area contributed by atoms with Crippen LogP contribution in [0.2, 0.25) is 0 Å². The minimum Gasteiger partial charge on any atom is -0.744 e. The summed E-state index contributed by atoms with van der Waals surface area (Å²) < 4.78 is 39.7. The van der Waals surface area contributed by atoms with Crippen molar-refractivity contribution in [1.82, 2.24) is 4.90 Å². The standard InChI is InChI=1S/C20H21NO6S/c1-12(2)21-18(13-8-10-14(11-9-13)20(23)27-3)17(19(21)22)15-6-4-5-7-16(15)28(24,25)26/h4-12,17-18H,1-3H3,(H,24,25,26)/p-1/t17-,18-/m1/s1. The number of esters is 1. The number of likely N-dealkylation sites (tertiary alicyclic amines) is 1. The molecule has 28 heavy (non-hydrogen) atoms. The summed E-state index contributed by atoms with van der Waals surface area (Å²) >= 11 is 0. The summed E-state index contributed by atoms with van der Waals surface area (Å²) in [5.74, 6) is -1.50. The Labute approximate surface area is 163 Å². The normalized spacial score (nSPS) is 19.5. The molecular weight excluding hydrogens is 382 g/mol. The molecule has 0 N–H and O–H groups in total. The quantitative estimate of drug-likeness (QED) is 0.432. The first kappa shape index (κ1) is 20.0. The number of hydrogen-bond acceptors (Lipinski definition) is 6. The molecule has 0 radical (unpaired) electrons. The van der Waals surface area contributed by atoms with Gasteiger partial charge >= 0.3 is 5.97 Å². The van der Waals surface area contributed by atoms with Gasteiger partial charge < -0.3 is 14.2 Å². The highest BCUT2D eigenvalue weighted by Gasteiger charge is 2.50. The van der Waals surface area contributed by atoms with E-state index in [4.69, 9.17) is 4.74 Å². The largest absolute Gasteiger partial charge is 0.744 e. The van der Waals surface area contributed by atoms with Crippen molar-refractivity contribution >= 4 is 22.0 Å². The molecular formula is C20H20NO6S-. The molecule has 2 atom stereocenters. The van der Waals surface area contributed by atoms with Crippen LogP contribution < -0.4 is 0 Å². The number of ether oxygens (including phenoxy) is 1. The molecule has 3 rings (SSSR count). The second-order valence-corrected chi connectivity index (χ2v) is 8.22. The van der Waals surface area contributed by atoms with E-state index in [-0.39, 0.29) is 22.4 Å². The van der Waals surface area contributed by atoms with Crippen molar-refractivity contribution in [3.8, 4) is 0 Å². The predicted octanol–water partition coefficient (Wildman–Crippen LogP) is 2.45. The predicted molar refractivity (Wildman–Crippen MR) is 99.7 cm³/mol. The van der Waals surface area contributed by atoms with Crippen LogP contribution in [0.5, 0.6) is 0 Å². The van der Waals surface area contributed by atoms with Crippen LogP contribution in [0.1, 0.15) is 47.3 Å². The topological polar surface area (TPSA) is 104 Å². The zero-order valence-electron chi connectivity index (χ0n) is 15.7. The van der Waals surface area contributed by atoms with Crippen molar-refractivity contribution in [1.29, 1.82) is 0 Å². The Bertz CT molecular complexity index is 1010. The van der Waals surface area contributed by atoms with Crippen molar-refractivity contribution < 1.29 is 27.3 Å². The number of carbonyl (C=O) groups excluding carboxylic acids is 2. The average Bonchev–Trinajstić information content (AvgIpc) is 2.65. The van der Waals surface area contributed by atoms with Crippen LogP contribution in [0.15, 0.2) is 53.4 Å². The molecule has 7 nitrogen and oxygen atoms in total. The maximum atomic E-state index is 12.8. The van der Waals surface area contributed by atoms with Crippen LogP contribution in [-0.4, -0.2) is 42.9 Å². The molecule has 2 aromatic rings. The number of hydrogen-bond donors (Lipinski definition) is 0. The summed E-state index contributed by atoms with van der Waals surface area (Å²) in [7, 11) is -3.44. The Morgan fingerprint density at radius 3 is 2.25 bits per heavy atom. The minimum atomic E-state index is -4.72. The zero-order valence-corrected chi connectivity index (χ0v) is 16.5. The van der Waals surface area contributed by atoms with E-state index in [2.05, 4.69) is 0 Å². The van der Waals surface area contributed by atoms with Crippen molar-refractivity contribution in [2.75, 3.05) is 7.11 Å². The van der Waals surface area contributed by atoms with Crippen LogP contribution in [0.4, 0.5) is 0 Å². The number of rotatable bonds is 5. The van der Waals surface area contributed by atoms with E-state index in [0.29, 0.717) is 5.56 Å². The lowest BCUT2D eigenvalue weighted by Crippen LogP contribution is -2.56. The third-order valence-electron chi connectivity index (χ3n) is 4.89. The highest BCUT2D eigenvalue weighted by molar-refractivity contribution is 7.85. The van der Waals surface area contributed by atoms with E-state index in [1.165, 1.54) is 25.3 Å². The minimum absolute atomic E-state index is 0.120. The monoisotopic (exact) mass is 402 g/mol. The van der Waals surface area contributed by atoms with E-state index in [0.717, 1.165) is 5.56 Å². The molecule has 1 aliphatic rings. The van der Waals surface area contributed by atoms with Crippen molar-refractivity contribution in [2.24, 2.45) is 0 Å². The Balaban J connectivity index is 2.07. The van der Waals surface area contributed by atoms with Gasteiger partial charge in [0, 0.05) is 6.04 Å². The zero-order chi connectivity index (χ0) is 20.6.